The van der Waals surface area contributed by atoms with Gasteiger partial charge in [0.1, 0.15) is 0 Å². The number of hydrogen-bond acceptors (Lipinski definition) is 6. The van der Waals surface area contributed by atoms with Gasteiger partial charge >= 0.3 is 0 Å². The van der Waals surface area contributed by atoms with Crippen molar-refractivity contribution in [1.82, 2.24) is 29.7 Å². The van der Waals surface area contributed by atoms with Gasteiger partial charge in [-0.2, -0.15) is 0 Å². The Bertz CT molecular complexity index is 1450. The third kappa shape index (κ3) is 3.52. The zero-order chi connectivity index (χ0) is 23.4. The lowest BCUT2D eigenvalue weighted by molar-refractivity contribution is 0.0716. The third-order valence-corrected chi connectivity index (χ3v) is 7.63. The van der Waals surface area contributed by atoms with E-state index < -0.39 is 10.8 Å². The number of rotatable bonds is 4. The Kier molecular flexibility index (Phi) is 5.04. The van der Waals surface area contributed by atoms with Gasteiger partial charge in [0.05, 0.1) is 26.9 Å². The Morgan fingerprint density at radius 1 is 1.18 bits per heavy atom. The van der Waals surface area contributed by atoms with Crippen LogP contribution in [-0.2, 0) is 10.8 Å². The number of aryl methyl sites for hydroxylation is 1. The summed E-state index contributed by atoms with van der Waals surface area (Å²) in [6, 6.07) is 12.1. The molecule has 4 aromatic rings. The van der Waals surface area contributed by atoms with Gasteiger partial charge in [-0.25, -0.2) is 9.97 Å². The summed E-state index contributed by atoms with van der Waals surface area (Å²) in [5, 5.41) is 4.26. The van der Waals surface area contributed by atoms with Crippen molar-refractivity contribution in [3.05, 3.63) is 66.2 Å². The van der Waals surface area contributed by atoms with Crippen LogP contribution in [0.2, 0.25) is 0 Å². The van der Waals surface area contributed by atoms with Gasteiger partial charge in [-0.1, -0.05) is 12.1 Å². The highest BCUT2D eigenvalue weighted by Gasteiger charge is 2.40. The number of hydrogen-bond donors (Lipinski definition) is 1. The Morgan fingerprint density at radius 2 is 2.00 bits per heavy atom. The standard InChI is InChI=1S/C25H24N6O2S/c1-15-4-3-5-21(29-15)17-10-27-25(28-11-17)31-14-23(34(2)33)20-7-6-16(8-22(20)31)24(32)30-13-18-9-19(30)12-26-18/h3-8,10-11,14,18-19,26H,9,12-13H2,1-2H3/t18-,19-,34?/m0/s1. The summed E-state index contributed by atoms with van der Waals surface area (Å²) in [6.45, 7) is 3.54. The molecule has 2 saturated heterocycles. The monoisotopic (exact) mass is 472 g/mol. The van der Waals surface area contributed by atoms with Crippen molar-refractivity contribution < 1.29 is 9.00 Å². The maximum Gasteiger partial charge on any atom is 0.254 e. The lowest BCUT2D eigenvalue weighted by Gasteiger charge is -2.27. The van der Waals surface area contributed by atoms with Crippen molar-refractivity contribution >= 4 is 27.6 Å². The molecule has 3 aromatic heterocycles. The fourth-order valence-corrected chi connectivity index (χ4v) is 5.72. The van der Waals surface area contributed by atoms with E-state index >= 15 is 0 Å². The van der Waals surface area contributed by atoms with Crippen LogP contribution < -0.4 is 5.32 Å². The second-order valence-corrected chi connectivity index (χ2v) is 10.3. The molecule has 8 nitrogen and oxygen atoms in total. The number of amides is 1. The van der Waals surface area contributed by atoms with Gasteiger partial charge in [-0.15, -0.1) is 0 Å². The largest absolute Gasteiger partial charge is 0.333 e. The lowest BCUT2D eigenvalue weighted by atomic mass is 10.1. The van der Waals surface area contributed by atoms with Crippen LogP contribution in [0.1, 0.15) is 22.5 Å². The minimum absolute atomic E-state index is 0.0320. The molecular formula is C25H24N6O2S. The van der Waals surface area contributed by atoms with Gasteiger partial charge < -0.3 is 10.2 Å². The highest BCUT2D eigenvalue weighted by atomic mass is 32.2. The lowest BCUT2D eigenvalue weighted by Crippen LogP contribution is -2.46. The first-order valence-electron chi connectivity index (χ1n) is 11.3. The molecule has 1 amide bonds. The Hall–Kier alpha value is -3.43. The normalized spacial score (nSPS) is 20.2. The first kappa shape index (κ1) is 21.1. The third-order valence-electron chi connectivity index (χ3n) is 6.68. The van der Waals surface area contributed by atoms with Crippen molar-refractivity contribution in [2.24, 2.45) is 0 Å². The molecule has 3 atom stereocenters. The van der Waals surface area contributed by atoms with E-state index in [1.165, 1.54) is 0 Å². The summed E-state index contributed by atoms with van der Waals surface area (Å²) in [4.78, 5) is 29.6. The minimum atomic E-state index is -1.20. The molecule has 1 N–H and O–H groups in total. The highest BCUT2D eigenvalue weighted by Crippen LogP contribution is 2.30. The highest BCUT2D eigenvalue weighted by molar-refractivity contribution is 7.84. The van der Waals surface area contributed by atoms with Crippen LogP contribution in [-0.4, -0.2) is 66.0 Å². The SMILES string of the molecule is Cc1cccc(-c2cnc(-n3cc(S(C)=O)c4ccc(C(=O)N5C[C@@H]6C[C@H]5CN6)cc43)nc2)n1. The van der Waals surface area contributed by atoms with E-state index in [1.807, 2.05) is 52.8 Å². The van der Waals surface area contributed by atoms with Gasteiger partial charge in [0.2, 0.25) is 5.95 Å². The zero-order valence-electron chi connectivity index (χ0n) is 18.9. The van der Waals surface area contributed by atoms with E-state index in [-0.39, 0.29) is 11.9 Å². The predicted octanol–water partition coefficient (Wildman–Crippen LogP) is 2.71. The quantitative estimate of drug-likeness (QED) is 0.491. The van der Waals surface area contributed by atoms with Gasteiger partial charge in [0, 0.05) is 72.2 Å². The number of benzene rings is 1. The molecule has 34 heavy (non-hydrogen) atoms. The molecule has 0 saturated carbocycles. The topological polar surface area (TPSA) is 93.0 Å². The van der Waals surface area contributed by atoms with Crippen LogP contribution >= 0.6 is 0 Å². The first-order valence-corrected chi connectivity index (χ1v) is 12.8. The summed E-state index contributed by atoms with van der Waals surface area (Å²) in [5.41, 5.74) is 3.93. The van der Waals surface area contributed by atoms with Crippen LogP contribution in [0, 0.1) is 6.92 Å². The predicted molar refractivity (Wildman–Crippen MR) is 130 cm³/mol. The van der Waals surface area contributed by atoms with Gasteiger partial charge in [0.25, 0.3) is 5.91 Å². The molecule has 0 aliphatic carbocycles. The Morgan fingerprint density at radius 3 is 2.68 bits per heavy atom. The number of nitrogens with zero attached hydrogens (tertiary/aromatic N) is 5. The number of piperazine rings is 1. The Labute approximate surface area is 199 Å². The number of fused-ring (bicyclic) bond motifs is 3. The molecule has 2 aliphatic heterocycles. The number of pyridine rings is 1. The maximum atomic E-state index is 13.3. The van der Waals surface area contributed by atoms with Crippen LogP contribution in [0.15, 0.2) is 59.9 Å². The van der Waals surface area contributed by atoms with E-state index in [2.05, 4.69) is 20.3 Å². The van der Waals surface area contributed by atoms with Crippen molar-refractivity contribution in [2.75, 3.05) is 19.3 Å². The number of nitrogens with one attached hydrogen (secondary N) is 1. The first-order chi connectivity index (χ1) is 16.5. The molecule has 9 heteroatoms. The minimum Gasteiger partial charge on any atom is -0.333 e. The molecule has 2 aliphatic rings. The molecule has 5 heterocycles. The summed E-state index contributed by atoms with van der Waals surface area (Å²) in [7, 11) is -1.20. The smallest absolute Gasteiger partial charge is 0.254 e. The molecule has 6 rings (SSSR count). The maximum absolute atomic E-state index is 13.3. The molecule has 2 bridgehead atoms. The van der Waals surface area contributed by atoms with E-state index in [0.29, 0.717) is 22.4 Å². The molecule has 1 aromatic carbocycles. The number of aromatic nitrogens is 4. The second kappa shape index (κ2) is 8.11. The van der Waals surface area contributed by atoms with Crippen LogP contribution in [0.25, 0.3) is 28.1 Å². The van der Waals surface area contributed by atoms with E-state index in [1.54, 1.807) is 24.8 Å². The average Bonchev–Trinajstić information content (AvgIpc) is 3.58. The number of carbonyl (C=O) groups is 1. The fraction of sp³-hybridized carbons (Fsp3) is 0.280. The zero-order valence-corrected chi connectivity index (χ0v) is 19.7. The van der Waals surface area contributed by atoms with Gasteiger partial charge in [-0.3, -0.25) is 18.6 Å². The fourth-order valence-electron chi connectivity index (χ4n) is 4.98. The average molecular weight is 473 g/mol. The summed E-state index contributed by atoms with van der Waals surface area (Å²) < 4.78 is 14.3. The van der Waals surface area contributed by atoms with Crippen molar-refractivity contribution in [3.63, 3.8) is 0 Å². The molecular weight excluding hydrogens is 448 g/mol. The summed E-state index contributed by atoms with van der Waals surface area (Å²) in [6.07, 6.45) is 7.94. The Balaban J connectivity index is 1.40. The van der Waals surface area contributed by atoms with Crippen LogP contribution in [0.3, 0.4) is 0 Å². The summed E-state index contributed by atoms with van der Waals surface area (Å²) in [5.74, 6) is 0.483. The number of likely N-dealkylation sites (tertiary alicyclic amines) is 1. The van der Waals surface area contributed by atoms with Crippen LogP contribution in [0.4, 0.5) is 0 Å². The molecule has 172 valence electrons. The molecule has 0 radical (unpaired) electrons. The molecule has 0 spiro atoms. The second-order valence-electron chi connectivity index (χ2n) is 8.94. The summed E-state index contributed by atoms with van der Waals surface area (Å²) >= 11 is 0. The van der Waals surface area contributed by atoms with Crippen molar-refractivity contribution in [3.8, 4) is 17.2 Å². The van der Waals surface area contributed by atoms with Gasteiger partial charge in [-0.05, 0) is 37.6 Å². The van der Waals surface area contributed by atoms with Crippen LogP contribution in [0.5, 0.6) is 0 Å². The van der Waals surface area contributed by atoms with E-state index in [4.69, 9.17) is 0 Å². The van der Waals surface area contributed by atoms with Crippen molar-refractivity contribution in [2.45, 2.75) is 30.3 Å². The molecule has 2 fully saturated rings. The van der Waals surface area contributed by atoms with Gasteiger partial charge in [0.15, 0.2) is 0 Å². The molecule has 1 unspecified atom stereocenters. The van der Waals surface area contributed by atoms with E-state index in [9.17, 15) is 9.00 Å². The van der Waals surface area contributed by atoms with E-state index in [0.717, 1.165) is 47.4 Å². The van der Waals surface area contributed by atoms with Crippen molar-refractivity contribution in [1.29, 1.82) is 0 Å². The number of carbonyl (C=O) groups excluding carboxylic acids is 1.